The molecule has 0 aromatic carbocycles. The third-order valence-corrected chi connectivity index (χ3v) is 12.0. The lowest BCUT2D eigenvalue weighted by Gasteiger charge is -2.71. The molecule has 3 fully saturated rings. The van der Waals surface area contributed by atoms with Gasteiger partial charge in [0.05, 0.1) is 17.8 Å². The van der Waals surface area contributed by atoms with Gasteiger partial charge in [0.25, 0.3) is 0 Å². The first kappa shape index (κ1) is 23.1. The van der Waals surface area contributed by atoms with Crippen molar-refractivity contribution in [3.63, 3.8) is 0 Å². The molecule has 0 bridgehead atoms. The smallest absolute Gasteiger partial charge is 0.0781 e. The van der Waals surface area contributed by atoms with Gasteiger partial charge in [-0.2, -0.15) is 0 Å². The van der Waals surface area contributed by atoms with Gasteiger partial charge >= 0.3 is 0 Å². The molecule has 3 nitrogen and oxygen atoms in total. The molecule has 3 N–H and O–H groups in total. The molecule has 180 valence electrons. The molecule has 5 aliphatic rings. The molecule has 5 aliphatic carbocycles. The number of rotatable bonds is 0. The zero-order valence-corrected chi connectivity index (χ0v) is 21.4. The van der Waals surface area contributed by atoms with Crippen molar-refractivity contribution < 1.29 is 15.3 Å². The molecule has 0 spiro atoms. The Balaban J connectivity index is 1.66. The van der Waals surface area contributed by atoms with E-state index in [9.17, 15) is 15.3 Å². The quantitative estimate of drug-likeness (QED) is 0.425. The predicted octanol–water partition coefficient (Wildman–Crippen LogP) is 5.64. The summed E-state index contributed by atoms with van der Waals surface area (Å²) in [6.45, 7) is 16.4. The third kappa shape index (κ3) is 2.71. The van der Waals surface area contributed by atoms with Gasteiger partial charge in [-0.3, -0.25) is 0 Å². The lowest BCUT2D eigenvalue weighted by Crippen LogP contribution is -2.68. The van der Waals surface area contributed by atoms with Crippen LogP contribution in [0.25, 0.3) is 0 Å². The normalized spacial score (nSPS) is 55.7. The monoisotopic (exact) mass is 442 g/mol. The molecular weight excluding hydrogens is 396 g/mol. The molecule has 5 rings (SSSR count). The van der Waals surface area contributed by atoms with Crippen LogP contribution in [0.1, 0.15) is 93.4 Å². The Morgan fingerprint density at radius 3 is 2.22 bits per heavy atom. The lowest BCUT2D eigenvalue weighted by molar-refractivity contribution is -0.221. The molecule has 0 saturated heterocycles. The maximum atomic E-state index is 11.8. The van der Waals surface area contributed by atoms with Crippen LogP contribution in [0.2, 0.25) is 0 Å². The van der Waals surface area contributed by atoms with E-state index in [1.165, 1.54) is 5.57 Å². The van der Waals surface area contributed by atoms with Crippen molar-refractivity contribution in [3.05, 3.63) is 23.8 Å². The Morgan fingerprint density at radius 1 is 0.875 bits per heavy atom. The van der Waals surface area contributed by atoms with Gasteiger partial charge in [0.15, 0.2) is 0 Å². The summed E-state index contributed by atoms with van der Waals surface area (Å²) in [5.41, 5.74) is 0.409. The van der Waals surface area contributed by atoms with Gasteiger partial charge in [0.2, 0.25) is 0 Å². The van der Waals surface area contributed by atoms with E-state index in [4.69, 9.17) is 0 Å². The van der Waals surface area contributed by atoms with E-state index in [0.717, 1.165) is 44.9 Å². The number of hydrogen-bond donors (Lipinski definition) is 3. The average Bonchev–Trinajstić information content (AvgIpc) is 2.68. The zero-order valence-electron chi connectivity index (χ0n) is 21.4. The molecule has 3 saturated carbocycles. The molecule has 0 aromatic rings. The molecule has 3 heteroatoms. The van der Waals surface area contributed by atoms with E-state index in [1.54, 1.807) is 0 Å². The summed E-state index contributed by atoms with van der Waals surface area (Å²) in [6.07, 6.45) is 12.2. The molecule has 5 unspecified atom stereocenters. The fraction of sp³-hybridized carbons (Fsp3) is 0.862. The highest BCUT2D eigenvalue weighted by molar-refractivity contribution is 5.37. The second kappa shape index (κ2) is 6.52. The van der Waals surface area contributed by atoms with Crippen LogP contribution < -0.4 is 0 Å². The van der Waals surface area contributed by atoms with Crippen molar-refractivity contribution in [2.24, 2.45) is 44.8 Å². The highest BCUT2D eigenvalue weighted by Gasteiger charge is 2.70. The summed E-state index contributed by atoms with van der Waals surface area (Å²) in [6, 6.07) is 0. The minimum absolute atomic E-state index is 0.00418. The van der Waals surface area contributed by atoms with E-state index < -0.39 is 17.8 Å². The fourth-order valence-electron chi connectivity index (χ4n) is 9.87. The van der Waals surface area contributed by atoms with Crippen LogP contribution in [0.15, 0.2) is 23.8 Å². The van der Waals surface area contributed by atoms with Crippen LogP contribution in [0.4, 0.5) is 0 Å². The van der Waals surface area contributed by atoms with Crippen LogP contribution >= 0.6 is 0 Å². The maximum absolute atomic E-state index is 11.8. The first-order chi connectivity index (χ1) is 14.6. The Bertz CT molecular complexity index is 870. The minimum atomic E-state index is -0.625. The molecular formula is C29H46O3. The highest BCUT2D eigenvalue weighted by Crippen LogP contribution is 2.74. The van der Waals surface area contributed by atoms with Crippen LogP contribution in [0, 0.1) is 44.8 Å². The Hall–Kier alpha value is -0.640. The molecule has 0 amide bonds. The first-order valence-corrected chi connectivity index (χ1v) is 13.1. The van der Waals surface area contributed by atoms with Gasteiger partial charge in [-0.15, -0.1) is 0 Å². The second-order valence-electron chi connectivity index (χ2n) is 14.4. The molecule has 32 heavy (non-hydrogen) atoms. The molecule has 0 radical (unpaired) electrons. The number of aliphatic hydroxyl groups excluding tert-OH is 2. The average molecular weight is 443 g/mol. The number of fused-ring (bicyclic) bond motifs is 7. The van der Waals surface area contributed by atoms with Crippen molar-refractivity contribution >= 4 is 0 Å². The van der Waals surface area contributed by atoms with E-state index >= 15 is 0 Å². The summed E-state index contributed by atoms with van der Waals surface area (Å²) in [5, 5.41) is 34.9. The van der Waals surface area contributed by atoms with E-state index in [2.05, 4.69) is 60.6 Å². The van der Waals surface area contributed by atoms with Gasteiger partial charge in [0, 0.05) is 17.3 Å². The minimum Gasteiger partial charge on any atom is -0.389 e. The van der Waals surface area contributed by atoms with Gasteiger partial charge in [-0.1, -0.05) is 72.3 Å². The van der Waals surface area contributed by atoms with Crippen molar-refractivity contribution in [2.75, 3.05) is 0 Å². The van der Waals surface area contributed by atoms with Gasteiger partial charge in [-0.05, 0) is 72.5 Å². The van der Waals surface area contributed by atoms with Gasteiger partial charge in [0.1, 0.15) is 0 Å². The maximum Gasteiger partial charge on any atom is 0.0781 e. The highest BCUT2D eigenvalue weighted by atomic mass is 16.3. The molecule has 0 heterocycles. The van der Waals surface area contributed by atoms with Crippen molar-refractivity contribution in [1.29, 1.82) is 0 Å². The summed E-state index contributed by atoms with van der Waals surface area (Å²) < 4.78 is 0. The Kier molecular flexibility index (Phi) is 4.71. The van der Waals surface area contributed by atoms with Crippen molar-refractivity contribution in [3.8, 4) is 0 Å². The number of aliphatic hydroxyl groups is 3. The van der Waals surface area contributed by atoms with Crippen LogP contribution in [0.3, 0.4) is 0 Å². The summed E-state index contributed by atoms with van der Waals surface area (Å²) in [5.74, 6) is 0.482. The van der Waals surface area contributed by atoms with Crippen molar-refractivity contribution in [2.45, 2.75) is 111 Å². The SMILES string of the molecule is CC1(C)CC[C@]2(O)CC[C@@]3(C)C(=CC(O)C4[C@@]5(C)C(O)C=CC(C)(C)C5CC[C@]43C)C2C1. The van der Waals surface area contributed by atoms with Crippen LogP contribution in [-0.2, 0) is 0 Å². The predicted molar refractivity (Wildman–Crippen MR) is 129 cm³/mol. The van der Waals surface area contributed by atoms with Gasteiger partial charge < -0.3 is 15.3 Å². The first-order valence-electron chi connectivity index (χ1n) is 13.1. The van der Waals surface area contributed by atoms with Crippen LogP contribution in [0.5, 0.6) is 0 Å². The topological polar surface area (TPSA) is 60.7 Å². The second-order valence-corrected chi connectivity index (χ2v) is 14.4. The summed E-state index contributed by atoms with van der Waals surface area (Å²) >= 11 is 0. The van der Waals surface area contributed by atoms with Crippen molar-refractivity contribution in [1.82, 2.24) is 0 Å². The van der Waals surface area contributed by atoms with E-state index in [0.29, 0.717) is 5.92 Å². The van der Waals surface area contributed by atoms with E-state index in [1.807, 2.05) is 6.08 Å². The summed E-state index contributed by atoms with van der Waals surface area (Å²) in [4.78, 5) is 0. The van der Waals surface area contributed by atoms with Gasteiger partial charge in [-0.25, -0.2) is 0 Å². The fourth-order valence-corrected chi connectivity index (χ4v) is 9.87. The summed E-state index contributed by atoms with van der Waals surface area (Å²) in [7, 11) is 0. The van der Waals surface area contributed by atoms with Crippen LogP contribution in [-0.4, -0.2) is 33.1 Å². The molecule has 9 atom stereocenters. The third-order valence-electron chi connectivity index (χ3n) is 12.0. The Labute approximate surface area is 195 Å². The zero-order chi connectivity index (χ0) is 23.5. The lowest BCUT2D eigenvalue weighted by atomic mass is 9.34. The molecule has 0 aliphatic heterocycles. The standard InChI is InChI=1S/C29H46O3/c1-24(2)12-14-29(32)15-13-26(5)18(19(29)17-24)16-20(30)23-27(26,6)11-8-21-25(3,4)10-9-22(31)28(21,23)7/h9-10,16,19-23,30-32H,8,11-15,17H2,1-7H3/t19?,20?,21?,22?,23?,26-,27+,28+,29-/m0/s1. The number of hydrogen-bond acceptors (Lipinski definition) is 3. The molecule has 0 aromatic heterocycles. The number of allylic oxidation sites excluding steroid dienone is 1. The Morgan fingerprint density at radius 2 is 1.53 bits per heavy atom. The largest absolute Gasteiger partial charge is 0.389 e. The van der Waals surface area contributed by atoms with E-state index in [-0.39, 0.29) is 38.9 Å².